The molecule has 1 N–H and O–H groups in total. The van der Waals surface area contributed by atoms with Gasteiger partial charge in [0.25, 0.3) is 0 Å². The van der Waals surface area contributed by atoms with Crippen LogP contribution in [0.5, 0.6) is 0 Å². The second kappa shape index (κ2) is 5.19. The molecule has 0 saturated heterocycles. The number of hydrogen-bond donors (Lipinski definition) is 1. The first kappa shape index (κ1) is 11.9. The van der Waals surface area contributed by atoms with Gasteiger partial charge < -0.3 is 5.32 Å². The Morgan fingerprint density at radius 1 is 1.19 bits per heavy atom. The maximum atomic E-state index is 6.10. The second-order valence-corrected chi connectivity index (χ2v) is 5.56. The highest BCUT2D eigenvalue weighted by Crippen LogP contribution is 2.32. The molecule has 1 aromatic carbocycles. The SMILES string of the molecule is CNCc1cc(-c2ccc(Cl)s2)ccc1Cl. The van der Waals surface area contributed by atoms with Crippen molar-refractivity contribution in [3.8, 4) is 10.4 Å². The van der Waals surface area contributed by atoms with E-state index in [1.54, 1.807) is 11.3 Å². The highest BCUT2D eigenvalue weighted by molar-refractivity contribution is 7.19. The van der Waals surface area contributed by atoms with E-state index in [-0.39, 0.29) is 0 Å². The maximum absolute atomic E-state index is 6.10. The molecular weight excluding hydrogens is 261 g/mol. The predicted octanol–water partition coefficient (Wildman–Crippen LogP) is 4.44. The van der Waals surface area contributed by atoms with Crippen LogP contribution in [0.4, 0.5) is 0 Å². The van der Waals surface area contributed by atoms with E-state index in [0.29, 0.717) is 0 Å². The van der Waals surface area contributed by atoms with E-state index in [1.165, 1.54) is 4.88 Å². The van der Waals surface area contributed by atoms with Crippen molar-refractivity contribution < 1.29 is 0 Å². The van der Waals surface area contributed by atoms with Gasteiger partial charge in [-0.15, -0.1) is 11.3 Å². The predicted molar refractivity (Wildman–Crippen MR) is 72.5 cm³/mol. The summed E-state index contributed by atoms with van der Waals surface area (Å²) in [4.78, 5) is 1.17. The lowest BCUT2D eigenvalue weighted by Crippen LogP contribution is -2.05. The smallest absolute Gasteiger partial charge is 0.0934 e. The van der Waals surface area contributed by atoms with Gasteiger partial charge in [-0.2, -0.15) is 0 Å². The zero-order valence-electron chi connectivity index (χ0n) is 8.76. The number of rotatable bonds is 3. The van der Waals surface area contributed by atoms with E-state index in [4.69, 9.17) is 23.2 Å². The van der Waals surface area contributed by atoms with E-state index >= 15 is 0 Å². The van der Waals surface area contributed by atoms with Crippen LogP contribution in [0.15, 0.2) is 30.3 Å². The highest BCUT2D eigenvalue weighted by atomic mass is 35.5. The standard InChI is InChI=1S/C12H11Cl2NS/c1-15-7-9-6-8(2-3-10(9)13)11-4-5-12(14)16-11/h2-6,15H,7H2,1H3. The molecule has 16 heavy (non-hydrogen) atoms. The molecule has 0 bridgehead atoms. The van der Waals surface area contributed by atoms with Gasteiger partial charge in [0.15, 0.2) is 0 Å². The molecule has 0 amide bonds. The Morgan fingerprint density at radius 3 is 2.62 bits per heavy atom. The Morgan fingerprint density at radius 2 is 2.00 bits per heavy atom. The van der Waals surface area contributed by atoms with Crippen molar-refractivity contribution in [2.75, 3.05) is 7.05 Å². The number of nitrogens with one attached hydrogen (secondary N) is 1. The van der Waals surface area contributed by atoms with Gasteiger partial charge in [-0.05, 0) is 42.4 Å². The van der Waals surface area contributed by atoms with Gasteiger partial charge in [0.05, 0.1) is 4.34 Å². The van der Waals surface area contributed by atoms with Crippen LogP contribution < -0.4 is 5.32 Å². The molecule has 0 spiro atoms. The molecular formula is C12H11Cl2NS. The van der Waals surface area contributed by atoms with Crippen LogP contribution in [0.1, 0.15) is 5.56 Å². The lowest BCUT2D eigenvalue weighted by atomic mass is 10.1. The molecule has 1 aromatic heterocycles. The molecule has 0 aliphatic rings. The molecule has 2 rings (SSSR count). The summed E-state index contributed by atoms with van der Waals surface area (Å²) in [5.74, 6) is 0. The summed E-state index contributed by atoms with van der Waals surface area (Å²) in [5.41, 5.74) is 2.26. The van der Waals surface area contributed by atoms with Crippen LogP contribution in [0, 0.1) is 0 Å². The van der Waals surface area contributed by atoms with Crippen molar-refractivity contribution in [1.29, 1.82) is 0 Å². The molecule has 0 saturated carbocycles. The minimum atomic E-state index is 0.770. The molecule has 2 aromatic rings. The Balaban J connectivity index is 2.39. The molecule has 0 aliphatic carbocycles. The maximum Gasteiger partial charge on any atom is 0.0934 e. The minimum Gasteiger partial charge on any atom is -0.316 e. The molecule has 84 valence electrons. The summed E-state index contributed by atoms with van der Waals surface area (Å²) in [6.45, 7) is 0.770. The van der Waals surface area contributed by atoms with Crippen molar-refractivity contribution >= 4 is 34.5 Å². The molecule has 1 heterocycles. The first-order valence-corrected chi connectivity index (χ1v) is 6.46. The summed E-state index contributed by atoms with van der Waals surface area (Å²) in [7, 11) is 1.91. The van der Waals surface area contributed by atoms with Crippen LogP contribution in [-0.4, -0.2) is 7.05 Å². The molecule has 0 atom stereocenters. The number of hydrogen-bond acceptors (Lipinski definition) is 2. The van der Waals surface area contributed by atoms with E-state index in [9.17, 15) is 0 Å². The van der Waals surface area contributed by atoms with Crippen LogP contribution in [0.2, 0.25) is 9.36 Å². The highest BCUT2D eigenvalue weighted by Gasteiger charge is 2.05. The fourth-order valence-corrected chi connectivity index (χ4v) is 2.75. The second-order valence-electron chi connectivity index (χ2n) is 3.44. The topological polar surface area (TPSA) is 12.0 Å². The summed E-state index contributed by atoms with van der Waals surface area (Å²) in [6, 6.07) is 9.98. The third kappa shape index (κ3) is 2.58. The number of halogens is 2. The van der Waals surface area contributed by atoms with E-state index in [1.807, 2.05) is 31.3 Å². The third-order valence-corrected chi connectivity index (χ3v) is 3.92. The number of benzene rings is 1. The minimum absolute atomic E-state index is 0.770. The summed E-state index contributed by atoms with van der Waals surface area (Å²) in [5, 5.41) is 3.89. The quantitative estimate of drug-likeness (QED) is 0.870. The van der Waals surface area contributed by atoms with Crippen LogP contribution >= 0.6 is 34.5 Å². The van der Waals surface area contributed by atoms with Gasteiger partial charge >= 0.3 is 0 Å². The fraction of sp³-hybridized carbons (Fsp3) is 0.167. The summed E-state index contributed by atoms with van der Waals surface area (Å²) in [6.07, 6.45) is 0. The lowest BCUT2D eigenvalue weighted by molar-refractivity contribution is 0.818. The Hall–Kier alpha value is -0.540. The molecule has 0 unspecified atom stereocenters. The van der Waals surface area contributed by atoms with Crippen molar-refractivity contribution in [3.05, 3.63) is 45.3 Å². The van der Waals surface area contributed by atoms with Crippen LogP contribution in [-0.2, 0) is 6.54 Å². The third-order valence-electron chi connectivity index (χ3n) is 2.27. The van der Waals surface area contributed by atoms with Gasteiger partial charge in [0, 0.05) is 16.4 Å². The molecule has 0 fully saturated rings. The molecule has 4 heteroatoms. The average Bonchev–Trinajstić information content (AvgIpc) is 2.69. The fourth-order valence-electron chi connectivity index (χ4n) is 1.52. The van der Waals surface area contributed by atoms with E-state index < -0.39 is 0 Å². The molecule has 0 aliphatic heterocycles. The van der Waals surface area contributed by atoms with E-state index in [0.717, 1.165) is 27.0 Å². The molecule has 1 nitrogen and oxygen atoms in total. The Labute approximate surface area is 109 Å². The first-order valence-electron chi connectivity index (χ1n) is 4.89. The van der Waals surface area contributed by atoms with Gasteiger partial charge in [-0.25, -0.2) is 0 Å². The molecule has 0 radical (unpaired) electrons. The van der Waals surface area contributed by atoms with Crippen molar-refractivity contribution in [2.24, 2.45) is 0 Å². The summed E-state index contributed by atoms with van der Waals surface area (Å²) >= 11 is 13.6. The largest absolute Gasteiger partial charge is 0.316 e. The van der Waals surface area contributed by atoms with Crippen molar-refractivity contribution in [1.82, 2.24) is 5.32 Å². The Kier molecular flexibility index (Phi) is 3.87. The van der Waals surface area contributed by atoms with Gasteiger partial charge in [0.1, 0.15) is 0 Å². The number of thiophene rings is 1. The van der Waals surface area contributed by atoms with Crippen molar-refractivity contribution in [2.45, 2.75) is 6.54 Å². The summed E-state index contributed by atoms with van der Waals surface area (Å²) < 4.78 is 0.806. The van der Waals surface area contributed by atoms with Crippen LogP contribution in [0.25, 0.3) is 10.4 Å². The van der Waals surface area contributed by atoms with Crippen LogP contribution in [0.3, 0.4) is 0 Å². The lowest BCUT2D eigenvalue weighted by Gasteiger charge is -2.05. The van der Waals surface area contributed by atoms with E-state index in [2.05, 4.69) is 11.4 Å². The Bertz CT molecular complexity index is 494. The zero-order valence-corrected chi connectivity index (χ0v) is 11.1. The monoisotopic (exact) mass is 271 g/mol. The zero-order chi connectivity index (χ0) is 11.5. The first-order chi connectivity index (χ1) is 7.70. The normalized spacial score (nSPS) is 10.7. The van der Waals surface area contributed by atoms with Gasteiger partial charge in [-0.3, -0.25) is 0 Å². The van der Waals surface area contributed by atoms with Crippen molar-refractivity contribution in [3.63, 3.8) is 0 Å². The van der Waals surface area contributed by atoms with Gasteiger partial charge in [-0.1, -0.05) is 29.3 Å². The average molecular weight is 272 g/mol. The van der Waals surface area contributed by atoms with Gasteiger partial charge in [0.2, 0.25) is 0 Å².